The van der Waals surface area contributed by atoms with E-state index in [9.17, 15) is 5.11 Å². The summed E-state index contributed by atoms with van der Waals surface area (Å²) in [6.45, 7) is 6.76. The van der Waals surface area contributed by atoms with Crippen molar-refractivity contribution in [2.24, 2.45) is 11.3 Å². The van der Waals surface area contributed by atoms with Crippen LogP contribution < -0.4 is 0 Å². The first-order chi connectivity index (χ1) is 7.47. The normalized spacial score (nSPS) is 40.8. The van der Waals surface area contributed by atoms with Crippen molar-refractivity contribution in [1.29, 1.82) is 0 Å². The highest BCUT2D eigenvalue weighted by molar-refractivity contribution is 5.45. The largest absolute Gasteiger partial charge is 0.508 e. The third-order valence-electron chi connectivity index (χ3n) is 5.41. The van der Waals surface area contributed by atoms with Gasteiger partial charge in [0.05, 0.1) is 0 Å². The van der Waals surface area contributed by atoms with Crippen LogP contribution in [0.1, 0.15) is 44.2 Å². The number of phenolic OH excluding ortho intramolecular Hbond substituents is 1. The Balaban J connectivity index is 2.09. The number of phenols is 1. The molecule has 16 heavy (non-hydrogen) atoms. The highest BCUT2D eigenvalue weighted by Crippen LogP contribution is 2.72. The highest BCUT2D eigenvalue weighted by atomic mass is 16.3. The van der Waals surface area contributed by atoms with Gasteiger partial charge in [-0.1, -0.05) is 26.0 Å². The molecule has 3 rings (SSSR count). The van der Waals surface area contributed by atoms with E-state index in [1.165, 1.54) is 24.8 Å². The zero-order valence-corrected chi connectivity index (χ0v) is 10.4. The Bertz CT molecular complexity index is 449. The summed E-state index contributed by atoms with van der Waals surface area (Å²) in [4.78, 5) is 0. The molecule has 0 saturated heterocycles. The fourth-order valence-electron chi connectivity index (χ4n) is 3.85. The molecule has 1 N–H and O–H groups in total. The molecule has 0 radical (unpaired) electrons. The zero-order valence-electron chi connectivity index (χ0n) is 10.4. The Kier molecular flexibility index (Phi) is 1.80. The van der Waals surface area contributed by atoms with Crippen molar-refractivity contribution < 1.29 is 5.11 Å². The maximum Gasteiger partial charge on any atom is 0.119 e. The summed E-state index contributed by atoms with van der Waals surface area (Å²) in [7, 11) is 0. The summed E-state index contributed by atoms with van der Waals surface area (Å²) in [6, 6.07) is 6.16. The van der Waals surface area contributed by atoms with Gasteiger partial charge in [0.1, 0.15) is 5.75 Å². The van der Waals surface area contributed by atoms with Gasteiger partial charge in [0.25, 0.3) is 0 Å². The van der Waals surface area contributed by atoms with E-state index >= 15 is 0 Å². The quantitative estimate of drug-likeness (QED) is 0.757. The summed E-state index contributed by atoms with van der Waals surface area (Å²) in [6.07, 6.45) is 3.90. The van der Waals surface area contributed by atoms with Crippen LogP contribution in [0.3, 0.4) is 0 Å². The van der Waals surface area contributed by atoms with Crippen LogP contribution in [0.4, 0.5) is 0 Å². The van der Waals surface area contributed by atoms with Gasteiger partial charge in [0.2, 0.25) is 0 Å². The smallest absolute Gasteiger partial charge is 0.119 e. The molecule has 1 aromatic rings. The minimum Gasteiger partial charge on any atom is -0.508 e. The van der Waals surface area contributed by atoms with Gasteiger partial charge < -0.3 is 5.11 Å². The lowest BCUT2D eigenvalue weighted by atomic mass is 9.70. The van der Waals surface area contributed by atoms with Crippen LogP contribution in [0.15, 0.2) is 18.2 Å². The number of aryl methyl sites for hydroxylation is 1. The van der Waals surface area contributed by atoms with Crippen LogP contribution in [0.5, 0.6) is 5.75 Å². The molecule has 1 aromatic carbocycles. The standard InChI is InChI=1S/C15H20O/c1-10-4-5-12(13(16)8-10)14(2)7-6-11-9-15(11,14)3/h4-5,8,11,16H,6-7,9H2,1-3H3. The van der Waals surface area contributed by atoms with E-state index in [-0.39, 0.29) is 5.41 Å². The molecule has 3 atom stereocenters. The summed E-state index contributed by atoms with van der Waals surface area (Å²) in [5.74, 6) is 1.40. The lowest BCUT2D eigenvalue weighted by Gasteiger charge is -2.34. The molecule has 2 aliphatic rings. The summed E-state index contributed by atoms with van der Waals surface area (Å²) < 4.78 is 0. The van der Waals surface area contributed by atoms with Gasteiger partial charge >= 0.3 is 0 Å². The topological polar surface area (TPSA) is 20.2 Å². The summed E-state index contributed by atoms with van der Waals surface area (Å²) >= 11 is 0. The lowest BCUT2D eigenvalue weighted by Crippen LogP contribution is -2.29. The molecule has 0 bridgehead atoms. The van der Waals surface area contributed by atoms with Crippen LogP contribution in [0.2, 0.25) is 0 Å². The minimum absolute atomic E-state index is 0.190. The molecule has 86 valence electrons. The van der Waals surface area contributed by atoms with Crippen LogP contribution in [-0.2, 0) is 5.41 Å². The van der Waals surface area contributed by atoms with Crippen LogP contribution in [0, 0.1) is 18.3 Å². The number of benzene rings is 1. The van der Waals surface area contributed by atoms with E-state index in [2.05, 4.69) is 26.0 Å². The first kappa shape index (κ1) is 10.2. The fourth-order valence-corrected chi connectivity index (χ4v) is 3.85. The number of aromatic hydroxyl groups is 1. The summed E-state index contributed by atoms with van der Waals surface area (Å²) in [5, 5.41) is 10.2. The maximum atomic E-state index is 10.2. The molecular weight excluding hydrogens is 196 g/mol. The van der Waals surface area contributed by atoms with Gasteiger partial charge in [-0.05, 0) is 49.1 Å². The van der Waals surface area contributed by atoms with Crippen molar-refractivity contribution in [2.75, 3.05) is 0 Å². The number of fused-ring (bicyclic) bond motifs is 1. The van der Waals surface area contributed by atoms with E-state index in [1.54, 1.807) is 0 Å². The van der Waals surface area contributed by atoms with Crippen molar-refractivity contribution in [3.05, 3.63) is 29.3 Å². The Hall–Kier alpha value is -0.980. The van der Waals surface area contributed by atoms with Gasteiger partial charge in [-0.15, -0.1) is 0 Å². The predicted molar refractivity (Wildman–Crippen MR) is 65.6 cm³/mol. The predicted octanol–water partition coefficient (Wildman–Crippen LogP) is 3.78. The van der Waals surface area contributed by atoms with Gasteiger partial charge in [-0.2, -0.15) is 0 Å². The Morgan fingerprint density at radius 1 is 1.31 bits per heavy atom. The molecule has 2 saturated carbocycles. The molecule has 3 unspecified atom stereocenters. The fraction of sp³-hybridized carbons (Fsp3) is 0.600. The average molecular weight is 216 g/mol. The van der Waals surface area contributed by atoms with Crippen molar-refractivity contribution >= 4 is 0 Å². The molecule has 2 fully saturated rings. The Labute approximate surface area is 97.5 Å². The number of hydrogen-bond acceptors (Lipinski definition) is 1. The molecule has 2 aliphatic carbocycles. The molecular formula is C15H20O. The molecule has 0 amide bonds. The van der Waals surface area contributed by atoms with E-state index in [0.29, 0.717) is 11.2 Å². The molecule has 0 heterocycles. The maximum absolute atomic E-state index is 10.2. The van der Waals surface area contributed by atoms with E-state index in [4.69, 9.17) is 0 Å². The molecule has 1 nitrogen and oxygen atoms in total. The van der Waals surface area contributed by atoms with Crippen LogP contribution in [-0.4, -0.2) is 5.11 Å². The highest BCUT2D eigenvalue weighted by Gasteiger charge is 2.66. The van der Waals surface area contributed by atoms with Crippen molar-refractivity contribution in [3.63, 3.8) is 0 Å². The second kappa shape index (κ2) is 2.82. The van der Waals surface area contributed by atoms with E-state index < -0.39 is 0 Å². The molecule has 1 heteroatoms. The first-order valence-electron chi connectivity index (χ1n) is 6.27. The van der Waals surface area contributed by atoms with E-state index in [1.807, 2.05) is 13.0 Å². The van der Waals surface area contributed by atoms with Gasteiger partial charge in [-0.3, -0.25) is 0 Å². The van der Waals surface area contributed by atoms with Gasteiger partial charge in [0.15, 0.2) is 0 Å². The summed E-state index contributed by atoms with van der Waals surface area (Å²) in [5.41, 5.74) is 2.94. The third kappa shape index (κ3) is 1.07. The SMILES string of the molecule is Cc1ccc(C2(C)CCC3CC32C)c(O)c1. The molecule has 0 aliphatic heterocycles. The van der Waals surface area contributed by atoms with Crippen molar-refractivity contribution in [3.8, 4) is 5.75 Å². The molecule has 0 aromatic heterocycles. The third-order valence-corrected chi connectivity index (χ3v) is 5.41. The number of hydrogen-bond donors (Lipinski definition) is 1. The van der Waals surface area contributed by atoms with Gasteiger partial charge in [-0.25, -0.2) is 0 Å². The second-order valence-corrected chi connectivity index (χ2v) is 6.21. The van der Waals surface area contributed by atoms with Crippen LogP contribution in [0.25, 0.3) is 0 Å². The first-order valence-corrected chi connectivity index (χ1v) is 6.27. The Morgan fingerprint density at radius 2 is 2.06 bits per heavy atom. The lowest BCUT2D eigenvalue weighted by molar-refractivity contribution is 0.299. The Morgan fingerprint density at radius 3 is 2.56 bits per heavy atom. The average Bonchev–Trinajstić information content (AvgIpc) is 2.81. The van der Waals surface area contributed by atoms with Crippen LogP contribution >= 0.6 is 0 Å². The van der Waals surface area contributed by atoms with Crippen molar-refractivity contribution in [1.82, 2.24) is 0 Å². The van der Waals surface area contributed by atoms with Crippen molar-refractivity contribution in [2.45, 2.75) is 45.4 Å². The van der Waals surface area contributed by atoms with E-state index in [0.717, 1.165) is 11.5 Å². The van der Waals surface area contributed by atoms with Gasteiger partial charge in [0, 0.05) is 11.0 Å². The number of rotatable bonds is 1. The second-order valence-electron chi connectivity index (χ2n) is 6.21. The monoisotopic (exact) mass is 216 g/mol. The minimum atomic E-state index is 0.190. The zero-order chi connectivity index (χ0) is 11.6. The molecule has 0 spiro atoms.